The average molecular weight is 164 g/mol. The van der Waals surface area contributed by atoms with Crippen LogP contribution in [0.5, 0.6) is 0 Å². The monoisotopic (exact) mass is 164 g/mol. The molecule has 2 rings (SSSR count). The largest absolute Gasteiger partial charge is 0.469 e. The zero-order valence-corrected chi connectivity index (χ0v) is 6.87. The van der Waals surface area contributed by atoms with E-state index in [4.69, 9.17) is 8.94 Å². The van der Waals surface area contributed by atoms with Crippen LogP contribution >= 0.6 is 0 Å². The van der Waals surface area contributed by atoms with E-state index in [0.717, 1.165) is 11.3 Å². The van der Waals surface area contributed by atoms with E-state index in [0.29, 0.717) is 11.7 Å². The Bertz CT molecular complexity index is 389. The number of aromatic nitrogens is 2. The van der Waals surface area contributed by atoms with Gasteiger partial charge in [-0.1, -0.05) is 5.16 Å². The highest BCUT2D eigenvalue weighted by Gasteiger charge is 2.10. The summed E-state index contributed by atoms with van der Waals surface area (Å²) in [6, 6.07) is 1.81. The van der Waals surface area contributed by atoms with Crippen LogP contribution in [0, 0.1) is 13.8 Å². The Morgan fingerprint density at radius 2 is 2.17 bits per heavy atom. The molecule has 0 radical (unpaired) electrons. The molecule has 62 valence electrons. The highest BCUT2D eigenvalue weighted by Crippen LogP contribution is 2.21. The van der Waals surface area contributed by atoms with E-state index in [1.807, 2.05) is 13.0 Å². The van der Waals surface area contributed by atoms with Crippen LogP contribution in [-0.2, 0) is 0 Å². The SMILES string of the molecule is Cc1noc(-c2ccoc2C)n1. The molecule has 2 heterocycles. The van der Waals surface area contributed by atoms with Crippen molar-refractivity contribution in [2.75, 3.05) is 0 Å². The Hall–Kier alpha value is -1.58. The summed E-state index contributed by atoms with van der Waals surface area (Å²) in [5.74, 6) is 1.93. The molecule has 4 heteroatoms. The summed E-state index contributed by atoms with van der Waals surface area (Å²) in [6.07, 6.45) is 1.60. The third kappa shape index (κ3) is 1.01. The minimum absolute atomic E-state index is 0.513. The molecule has 0 aliphatic carbocycles. The van der Waals surface area contributed by atoms with Crippen LogP contribution in [0.25, 0.3) is 11.5 Å². The van der Waals surface area contributed by atoms with E-state index in [1.54, 1.807) is 13.2 Å². The minimum Gasteiger partial charge on any atom is -0.469 e. The smallest absolute Gasteiger partial charge is 0.261 e. The Balaban J connectivity index is 2.50. The van der Waals surface area contributed by atoms with Crippen LogP contribution in [0.15, 0.2) is 21.3 Å². The minimum atomic E-state index is 0.513. The Labute approximate surface area is 69.2 Å². The van der Waals surface area contributed by atoms with Gasteiger partial charge in [-0.05, 0) is 19.9 Å². The van der Waals surface area contributed by atoms with Gasteiger partial charge in [0.2, 0.25) is 0 Å². The van der Waals surface area contributed by atoms with Crippen molar-refractivity contribution < 1.29 is 8.94 Å². The first-order valence-electron chi connectivity index (χ1n) is 3.62. The molecule has 12 heavy (non-hydrogen) atoms. The molecule has 0 aliphatic heterocycles. The van der Waals surface area contributed by atoms with Gasteiger partial charge >= 0.3 is 0 Å². The van der Waals surface area contributed by atoms with E-state index in [2.05, 4.69) is 10.1 Å². The first-order valence-corrected chi connectivity index (χ1v) is 3.62. The van der Waals surface area contributed by atoms with E-state index in [1.165, 1.54) is 0 Å². The number of furan rings is 1. The van der Waals surface area contributed by atoms with Crippen molar-refractivity contribution in [3.05, 3.63) is 23.9 Å². The number of aryl methyl sites for hydroxylation is 2. The van der Waals surface area contributed by atoms with Crippen molar-refractivity contribution in [3.63, 3.8) is 0 Å². The predicted octanol–water partition coefficient (Wildman–Crippen LogP) is 1.95. The summed E-state index contributed by atoms with van der Waals surface area (Å²) in [7, 11) is 0. The quantitative estimate of drug-likeness (QED) is 0.646. The maximum atomic E-state index is 5.10. The van der Waals surface area contributed by atoms with Crippen LogP contribution in [0.2, 0.25) is 0 Å². The molecule has 0 atom stereocenters. The highest BCUT2D eigenvalue weighted by molar-refractivity contribution is 5.54. The van der Waals surface area contributed by atoms with Crippen molar-refractivity contribution in [2.24, 2.45) is 0 Å². The number of rotatable bonds is 1. The maximum Gasteiger partial charge on any atom is 0.261 e. The molecule has 0 saturated carbocycles. The Morgan fingerprint density at radius 3 is 2.67 bits per heavy atom. The summed E-state index contributed by atoms with van der Waals surface area (Å²) in [5.41, 5.74) is 0.857. The molecule has 0 N–H and O–H groups in total. The molecule has 0 fully saturated rings. The van der Waals surface area contributed by atoms with Crippen LogP contribution in [0.3, 0.4) is 0 Å². The lowest BCUT2D eigenvalue weighted by molar-refractivity contribution is 0.424. The molecule has 0 bridgehead atoms. The number of hydrogen-bond acceptors (Lipinski definition) is 4. The zero-order valence-electron chi connectivity index (χ0n) is 6.87. The maximum absolute atomic E-state index is 5.10. The van der Waals surface area contributed by atoms with Crippen molar-refractivity contribution in [2.45, 2.75) is 13.8 Å². The molecular formula is C8H8N2O2. The van der Waals surface area contributed by atoms with E-state index in [9.17, 15) is 0 Å². The molecule has 0 aromatic carbocycles. The van der Waals surface area contributed by atoms with Gasteiger partial charge in [-0.3, -0.25) is 0 Å². The van der Waals surface area contributed by atoms with Crippen LogP contribution in [-0.4, -0.2) is 10.1 Å². The van der Waals surface area contributed by atoms with Crippen LogP contribution in [0.1, 0.15) is 11.6 Å². The molecule has 4 nitrogen and oxygen atoms in total. The Kier molecular flexibility index (Phi) is 1.46. The predicted molar refractivity (Wildman–Crippen MR) is 41.5 cm³/mol. The van der Waals surface area contributed by atoms with Gasteiger partial charge in [0, 0.05) is 0 Å². The van der Waals surface area contributed by atoms with Gasteiger partial charge in [0.15, 0.2) is 5.82 Å². The van der Waals surface area contributed by atoms with Crippen molar-refractivity contribution in [1.82, 2.24) is 10.1 Å². The fourth-order valence-electron chi connectivity index (χ4n) is 1.01. The standard InChI is InChI=1S/C8H8N2O2/c1-5-7(3-4-11-5)8-9-6(2)10-12-8/h3-4H,1-2H3. The normalized spacial score (nSPS) is 10.5. The van der Waals surface area contributed by atoms with Crippen molar-refractivity contribution in [3.8, 4) is 11.5 Å². The number of hydrogen-bond donors (Lipinski definition) is 0. The molecule has 0 amide bonds. The van der Waals surface area contributed by atoms with Gasteiger partial charge < -0.3 is 8.94 Å². The van der Waals surface area contributed by atoms with Gasteiger partial charge in [-0.15, -0.1) is 0 Å². The van der Waals surface area contributed by atoms with Crippen molar-refractivity contribution in [1.29, 1.82) is 0 Å². The lowest BCUT2D eigenvalue weighted by Crippen LogP contribution is -1.76. The van der Waals surface area contributed by atoms with Gasteiger partial charge in [0.1, 0.15) is 5.76 Å². The van der Waals surface area contributed by atoms with Crippen LogP contribution < -0.4 is 0 Å². The molecule has 0 aliphatic rings. The van der Waals surface area contributed by atoms with Gasteiger partial charge in [0.05, 0.1) is 11.8 Å². The lowest BCUT2D eigenvalue weighted by Gasteiger charge is -1.86. The van der Waals surface area contributed by atoms with E-state index >= 15 is 0 Å². The topological polar surface area (TPSA) is 52.1 Å². The lowest BCUT2D eigenvalue weighted by atomic mass is 10.3. The van der Waals surface area contributed by atoms with Gasteiger partial charge in [0.25, 0.3) is 5.89 Å². The first-order chi connectivity index (χ1) is 5.77. The fourth-order valence-corrected chi connectivity index (χ4v) is 1.01. The zero-order chi connectivity index (χ0) is 8.55. The summed E-state index contributed by atoms with van der Waals surface area (Å²) < 4.78 is 10.1. The first kappa shape index (κ1) is 7.09. The number of nitrogens with zero attached hydrogens (tertiary/aromatic N) is 2. The average Bonchev–Trinajstić information content (AvgIpc) is 2.58. The Morgan fingerprint density at radius 1 is 1.33 bits per heavy atom. The van der Waals surface area contributed by atoms with Crippen LogP contribution in [0.4, 0.5) is 0 Å². The second-order valence-corrected chi connectivity index (χ2v) is 2.54. The summed E-state index contributed by atoms with van der Waals surface area (Å²) >= 11 is 0. The van der Waals surface area contributed by atoms with E-state index in [-0.39, 0.29) is 0 Å². The van der Waals surface area contributed by atoms with Gasteiger partial charge in [-0.25, -0.2) is 0 Å². The third-order valence-corrected chi connectivity index (χ3v) is 1.62. The second-order valence-electron chi connectivity index (χ2n) is 2.54. The molecule has 2 aromatic heterocycles. The molecule has 0 unspecified atom stereocenters. The second kappa shape index (κ2) is 2.48. The molecule has 2 aromatic rings. The fraction of sp³-hybridized carbons (Fsp3) is 0.250. The highest BCUT2D eigenvalue weighted by atomic mass is 16.5. The third-order valence-electron chi connectivity index (χ3n) is 1.62. The van der Waals surface area contributed by atoms with Gasteiger partial charge in [-0.2, -0.15) is 4.98 Å². The molecular weight excluding hydrogens is 156 g/mol. The summed E-state index contributed by atoms with van der Waals surface area (Å²) in [4.78, 5) is 4.08. The summed E-state index contributed by atoms with van der Waals surface area (Å²) in [5, 5.41) is 3.69. The summed E-state index contributed by atoms with van der Waals surface area (Å²) in [6.45, 7) is 3.64. The molecule has 0 spiro atoms. The molecule has 0 saturated heterocycles. The van der Waals surface area contributed by atoms with Crippen molar-refractivity contribution >= 4 is 0 Å². The van der Waals surface area contributed by atoms with E-state index < -0.39 is 0 Å².